The lowest BCUT2D eigenvalue weighted by Gasteiger charge is -2.36. The van der Waals surface area contributed by atoms with Gasteiger partial charge in [0.1, 0.15) is 11.5 Å². The predicted octanol–water partition coefficient (Wildman–Crippen LogP) is 5.21. The van der Waals surface area contributed by atoms with Gasteiger partial charge in [0.2, 0.25) is 0 Å². The Morgan fingerprint density at radius 2 is 1.90 bits per heavy atom. The summed E-state index contributed by atoms with van der Waals surface area (Å²) in [7, 11) is 0. The van der Waals surface area contributed by atoms with E-state index < -0.39 is 5.92 Å². The van der Waals surface area contributed by atoms with Crippen molar-refractivity contribution < 1.29 is 14.3 Å². The van der Waals surface area contributed by atoms with Gasteiger partial charge in [0.25, 0.3) is 5.91 Å². The largest absolute Gasteiger partial charge is 0.494 e. The first kappa shape index (κ1) is 21.0. The van der Waals surface area contributed by atoms with E-state index in [1.807, 2.05) is 69.3 Å². The molecule has 5 heteroatoms. The van der Waals surface area contributed by atoms with Crippen LogP contribution < -0.4 is 10.1 Å². The Kier molecular flexibility index (Phi) is 6.03. The number of amides is 1. The summed E-state index contributed by atoms with van der Waals surface area (Å²) in [6.07, 6.45) is 2.14. The molecule has 2 aliphatic rings. The van der Waals surface area contributed by atoms with E-state index in [2.05, 4.69) is 5.32 Å². The van der Waals surface area contributed by atoms with Crippen molar-refractivity contribution in [2.45, 2.75) is 46.0 Å². The Morgan fingerprint density at radius 3 is 2.68 bits per heavy atom. The van der Waals surface area contributed by atoms with Gasteiger partial charge in [0, 0.05) is 35.0 Å². The van der Waals surface area contributed by atoms with Gasteiger partial charge in [-0.25, -0.2) is 0 Å². The van der Waals surface area contributed by atoms with Gasteiger partial charge >= 0.3 is 0 Å². The van der Waals surface area contributed by atoms with Crippen LogP contribution in [-0.4, -0.2) is 24.0 Å². The van der Waals surface area contributed by atoms with Crippen LogP contribution in [0.4, 0.5) is 5.69 Å². The van der Waals surface area contributed by atoms with Gasteiger partial charge in [0.05, 0.1) is 12.5 Å². The molecule has 1 saturated carbocycles. The number of carbonyl (C=O) groups is 2. The van der Waals surface area contributed by atoms with Crippen LogP contribution in [0.25, 0.3) is 0 Å². The number of ketones is 1. The van der Waals surface area contributed by atoms with Crippen LogP contribution in [0.1, 0.15) is 50.2 Å². The minimum Gasteiger partial charge on any atom is -0.494 e. The number of carbonyl (C=O) groups excluding carboxylic acids is 2. The molecular weight excluding hydrogens is 388 g/mol. The van der Waals surface area contributed by atoms with Crippen LogP contribution in [0.5, 0.6) is 5.75 Å². The first-order valence-corrected chi connectivity index (χ1v) is 10.9. The monoisotopic (exact) mass is 416 g/mol. The van der Waals surface area contributed by atoms with Gasteiger partial charge < -0.3 is 10.1 Å². The molecule has 1 aliphatic carbocycles. The number of hydrogen-bond donors (Lipinski definition) is 1. The Hall–Kier alpha value is -3.21. The number of allylic oxidation sites excluding steroid dienone is 1. The minimum atomic E-state index is -0.396. The van der Waals surface area contributed by atoms with E-state index in [1.165, 1.54) is 0 Å². The fourth-order valence-corrected chi connectivity index (χ4v) is 4.64. The normalized spacial score (nSPS) is 20.7. The number of para-hydroxylation sites is 1. The van der Waals surface area contributed by atoms with Gasteiger partial charge in [0.15, 0.2) is 0 Å². The fourth-order valence-electron chi connectivity index (χ4n) is 4.64. The van der Waals surface area contributed by atoms with E-state index in [4.69, 9.17) is 9.73 Å². The van der Waals surface area contributed by atoms with Crippen molar-refractivity contribution >= 4 is 23.1 Å². The average Bonchev–Trinajstić information content (AvgIpc) is 2.75. The van der Waals surface area contributed by atoms with Crippen LogP contribution in [0.2, 0.25) is 0 Å². The fraction of sp³-hybridized carbons (Fsp3) is 0.346. The maximum Gasteiger partial charge on any atom is 0.254 e. The third-order valence-electron chi connectivity index (χ3n) is 6.07. The van der Waals surface area contributed by atoms with Gasteiger partial charge in [-0.05, 0) is 62.9 Å². The Bertz CT molecular complexity index is 1080. The molecule has 31 heavy (non-hydrogen) atoms. The molecule has 4 rings (SSSR count). The number of aliphatic imine (C=N–C) groups is 1. The zero-order chi connectivity index (χ0) is 22.0. The van der Waals surface area contributed by atoms with Crippen molar-refractivity contribution in [3.63, 3.8) is 0 Å². The van der Waals surface area contributed by atoms with Gasteiger partial charge in [-0.2, -0.15) is 0 Å². The van der Waals surface area contributed by atoms with Crippen molar-refractivity contribution in [1.29, 1.82) is 0 Å². The lowest BCUT2D eigenvalue weighted by molar-refractivity contribution is -0.122. The number of aryl methyl sites for hydroxylation is 1. The number of benzene rings is 2. The van der Waals surface area contributed by atoms with Crippen molar-refractivity contribution in [3.05, 3.63) is 70.9 Å². The smallest absolute Gasteiger partial charge is 0.254 e. The number of hydrogen-bond acceptors (Lipinski definition) is 4. The molecule has 0 radical (unpaired) electrons. The first-order valence-electron chi connectivity index (χ1n) is 10.9. The van der Waals surface area contributed by atoms with E-state index in [-0.39, 0.29) is 17.6 Å². The van der Waals surface area contributed by atoms with Crippen LogP contribution in [-0.2, 0) is 9.59 Å². The summed E-state index contributed by atoms with van der Waals surface area (Å²) in [6, 6.07) is 15.4. The molecule has 0 bridgehead atoms. The molecule has 2 atom stereocenters. The predicted molar refractivity (Wildman–Crippen MR) is 123 cm³/mol. The number of nitrogens with zero attached hydrogens (tertiary/aromatic N) is 1. The van der Waals surface area contributed by atoms with Gasteiger partial charge in [-0.3, -0.25) is 14.6 Å². The SMILES string of the molecule is CCOc1cccc([C@@H]2C(C(=O)Nc3ccccc3C)=C(C)N=C3CCCC(=O)C32)c1. The summed E-state index contributed by atoms with van der Waals surface area (Å²) in [4.78, 5) is 31.3. The molecule has 0 spiro atoms. The summed E-state index contributed by atoms with van der Waals surface area (Å²) < 4.78 is 5.70. The second kappa shape index (κ2) is 8.88. The highest BCUT2D eigenvalue weighted by atomic mass is 16.5. The number of Topliss-reactive ketones (excluding diaryl/α,β-unsaturated/α-hetero) is 1. The molecule has 1 aliphatic heterocycles. The molecular formula is C26H28N2O3. The molecule has 1 fully saturated rings. The Labute approximate surface area is 183 Å². The first-order chi connectivity index (χ1) is 15.0. The third-order valence-corrected chi connectivity index (χ3v) is 6.07. The quantitative estimate of drug-likeness (QED) is 0.727. The summed E-state index contributed by atoms with van der Waals surface area (Å²) in [5, 5.41) is 3.05. The molecule has 160 valence electrons. The number of anilines is 1. The van der Waals surface area contributed by atoms with Gasteiger partial charge in [-0.1, -0.05) is 30.3 Å². The molecule has 0 aromatic heterocycles. The molecule has 1 heterocycles. The van der Waals surface area contributed by atoms with E-state index in [0.29, 0.717) is 24.3 Å². The molecule has 0 saturated heterocycles. The van der Waals surface area contributed by atoms with Crippen LogP contribution >= 0.6 is 0 Å². The summed E-state index contributed by atoms with van der Waals surface area (Å²) in [5.41, 5.74) is 4.79. The van der Waals surface area contributed by atoms with E-state index in [1.54, 1.807) is 0 Å². The number of ether oxygens (including phenoxy) is 1. The highest BCUT2D eigenvalue weighted by Gasteiger charge is 2.43. The molecule has 1 N–H and O–H groups in total. The standard InChI is InChI=1S/C26H28N2O3/c1-4-31-19-11-7-10-18(15-19)24-23(26(30)28-20-12-6-5-9-16(20)2)17(3)27-21-13-8-14-22(29)25(21)24/h5-7,9-12,15,24-25H,4,8,13-14H2,1-3H3,(H,28,30)/t24-,25?/m1/s1. The van der Waals surface area contributed by atoms with Crippen LogP contribution in [0, 0.1) is 12.8 Å². The Balaban J connectivity index is 1.80. The molecule has 2 aromatic carbocycles. The summed E-state index contributed by atoms with van der Waals surface area (Å²) in [5.74, 6) is -0.0781. The van der Waals surface area contributed by atoms with Crippen molar-refractivity contribution in [2.24, 2.45) is 10.9 Å². The second-order valence-electron chi connectivity index (χ2n) is 8.15. The molecule has 5 nitrogen and oxygen atoms in total. The average molecular weight is 417 g/mol. The zero-order valence-electron chi connectivity index (χ0n) is 18.3. The second-order valence-corrected chi connectivity index (χ2v) is 8.15. The lowest BCUT2D eigenvalue weighted by Crippen LogP contribution is -2.39. The van der Waals surface area contributed by atoms with Crippen LogP contribution in [0.3, 0.4) is 0 Å². The van der Waals surface area contributed by atoms with E-state index in [0.717, 1.165) is 41.1 Å². The molecule has 1 amide bonds. The molecule has 2 aromatic rings. The summed E-state index contributed by atoms with van der Waals surface area (Å²) in [6.45, 7) is 6.32. The topological polar surface area (TPSA) is 67.8 Å². The van der Waals surface area contributed by atoms with E-state index >= 15 is 0 Å². The minimum absolute atomic E-state index is 0.158. The maximum atomic E-state index is 13.5. The van der Waals surface area contributed by atoms with E-state index in [9.17, 15) is 9.59 Å². The van der Waals surface area contributed by atoms with Crippen molar-refractivity contribution in [2.75, 3.05) is 11.9 Å². The zero-order valence-corrected chi connectivity index (χ0v) is 18.3. The van der Waals surface area contributed by atoms with Crippen molar-refractivity contribution in [3.8, 4) is 5.75 Å². The number of fused-ring (bicyclic) bond motifs is 1. The molecule has 1 unspecified atom stereocenters. The third kappa shape index (κ3) is 4.18. The lowest BCUT2D eigenvalue weighted by atomic mass is 9.69. The highest BCUT2D eigenvalue weighted by molar-refractivity contribution is 6.14. The van der Waals surface area contributed by atoms with Gasteiger partial charge in [-0.15, -0.1) is 0 Å². The maximum absolute atomic E-state index is 13.5. The number of nitrogens with one attached hydrogen (secondary N) is 1. The highest BCUT2D eigenvalue weighted by Crippen LogP contribution is 2.43. The Morgan fingerprint density at radius 1 is 1.10 bits per heavy atom. The summed E-state index contributed by atoms with van der Waals surface area (Å²) >= 11 is 0. The number of rotatable bonds is 5. The van der Waals surface area contributed by atoms with Crippen molar-refractivity contribution in [1.82, 2.24) is 0 Å². The van der Waals surface area contributed by atoms with Crippen LogP contribution in [0.15, 0.2) is 64.8 Å².